The van der Waals surface area contributed by atoms with Crippen molar-refractivity contribution in [3.8, 4) is 16.9 Å². The van der Waals surface area contributed by atoms with Crippen LogP contribution in [0.4, 0.5) is 25.8 Å². The number of nitrogens with two attached hydrogens (primary N) is 1. The van der Waals surface area contributed by atoms with E-state index in [2.05, 4.69) is 37.2 Å². The van der Waals surface area contributed by atoms with E-state index < -0.39 is 70.9 Å². The van der Waals surface area contributed by atoms with E-state index in [4.69, 9.17) is 134 Å². The SMILES string of the molecule is COCCOCCOCCOCCOCCOCCOCCOCCOCCOCCOCCOCCOCCOCCOCCOCCOCCOCCOCCOCCOCCOCCOCCOCCC(=O)NCCCC[C@H](NC(=O)OCC1c2ccccc2-c2ccccc21)C(=O)NCCC(=O)N[C@H](C(=O)N[C@@H](CCCNC(N)=O)C(=O)Nc1ccc(COC(=O)Oc2ccc([N+](=O)[O-])cc2)cc1)C(C)C. The highest BCUT2D eigenvalue weighted by Crippen LogP contribution is 2.44. The summed E-state index contributed by atoms with van der Waals surface area (Å²) in [4.78, 5) is 116. The lowest BCUT2D eigenvalue weighted by atomic mass is 9.98. The quantitative estimate of drug-likeness (QED) is 0.00896. The molecule has 1 aliphatic carbocycles. The zero-order valence-electron chi connectivity index (χ0n) is 84.5. The van der Waals surface area contributed by atoms with Gasteiger partial charge in [-0.25, -0.2) is 14.4 Å². The number of hydrogen-bond donors (Lipinski definition) is 8. The molecule has 46 nitrogen and oxygen atoms in total. The zero-order chi connectivity index (χ0) is 104. The van der Waals surface area contributed by atoms with Crippen LogP contribution in [-0.2, 0) is 154 Å². The van der Waals surface area contributed by atoms with E-state index in [1.807, 2.05) is 48.5 Å². The number of fused-ring (bicyclic) bond motifs is 3. The van der Waals surface area contributed by atoms with E-state index >= 15 is 0 Å². The number of methoxy groups -OCH3 is 1. The molecule has 820 valence electrons. The summed E-state index contributed by atoms with van der Waals surface area (Å²) in [5, 5.41) is 29.9. The second kappa shape index (κ2) is 87.5. The molecule has 0 saturated carbocycles. The Kier molecular flexibility index (Phi) is 76.0. The first-order valence-corrected chi connectivity index (χ1v) is 49.6. The highest BCUT2D eigenvalue weighted by Gasteiger charge is 2.32. The van der Waals surface area contributed by atoms with Gasteiger partial charge in [0.1, 0.15) is 37.1 Å². The lowest BCUT2D eigenvalue weighted by Crippen LogP contribution is -2.55. The third-order valence-electron chi connectivity index (χ3n) is 20.6. The molecule has 4 aromatic carbocycles. The fourth-order valence-electron chi connectivity index (χ4n) is 13.2. The second-order valence-corrected chi connectivity index (χ2v) is 32.1. The maximum atomic E-state index is 14.0. The molecule has 3 atom stereocenters. The highest BCUT2D eigenvalue weighted by molar-refractivity contribution is 5.98. The third kappa shape index (κ3) is 66.4. The lowest BCUT2D eigenvalue weighted by Gasteiger charge is -2.25. The average Bonchev–Trinajstić information content (AvgIpc) is 1.61. The predicted octanol–water partition coefficient (Wildman–Crippen LogP) is 5.44. The highest BCUT2D eigenvalue weighted by atomic mass is 16.7. The second-order valence-electron chi connectivity index (χ2n) is 32.1. The summed E-state index contributed by atoms with van der Waals surface area (Å²) >= 11 is 0. The van der Waals surface area contributed by atoms with Gasteiger partial charge in [-0.3, -0.25) is 34.1 Å². The first-order chi connectivity index (χ1) is 71.0. The van der Waals surface area contributed by atoms with E-state index in [-0.39, 0.29) is 101 Å². The van der Waals surface area contributed by atoms with Gasteiger partial charge in [-0.1, -0.05) is 74.5 Å². The van der Waals surface area contributed by atoms with Gasteiger partial charge in [-0.2, -0.15) is 0 Å². The number of unbranched alkanes of at least 4 members (excludes halogenated alkanes) is 1. The molecule has 4 aromatic rings. The molecule has 0 fully saturated rings. The van der Waals surface area contributed by atoms with Crippen LogP contribution in [0.1, 0.15) is 81.4 Å². The number of nitrogens with zero attached hydrogens (tertiary/aromatic N) is 1. The number of nitro benzene ring substituents is 1. The van der Waals surface area contributed by atoms with Crippen LogP contribution in [0.25, 0.3) is 11.1 Å². The van der Waals surface area contributed by atoms with Gasteiger partial charge >= 0.3 is 18.3 Å². The van der Waals surface area contributed by atoms with Gasteiger partial charge in [0.15, 0.2) is 0 Å². The average molecular weight is 2070 g/mol. The number of nitrogens with one attached hydrogen (secondary N) is 7. The molecule has 0 aromatic heterocycles. The molecule has 0 heterocycles. The van der Waals surface area contributed by atoms with Crippen LogP contribution in [0.15, 0.2) is 97.1 Å². The third-order valence-corrected chi connectivity index (χ3v) is 20.6. The monoisotopic (exact) mass is 2060 g/mol. The minimum Gasteiger partial charge on any atom is -0.449 e. The first kappa shape index (κ1) is 126. The topological polar surface area (TPSA) is 539 Å². The maximum absolute atomic E-state index is 14.0. The number of carbonyl (C=O) groups excluding carboxylic acids is 8. The van der Waals surface area contributed by atoms with Crippen molar-refractivity contribution >= 4 is 59.2 Å². The number of primary amides is 1. The molecule has 0 saturated heterocycles. The van der Waals surface area contributed by atoms with E-state index in [0.717, 1.165) is 22.3 Å². The van der Waals surface area contributed by atoms with Crippen LogP contribution in [0.2, 0.25) is 0 Å². The smallest absolute Gasteiger partial charge is 0.449 e. The van der Waals surface area contributed by atoms with Crippen molar-refractivity contribution in [1.82, 2.24) is 31.9 Å². The Labute approximate surface area is 849 Å². The fraction of sp³-hybridized carbons (Fsp3) is 0.677. The minimum absolute atomic E-state index is 0.0103. The van der Waals surface area contributed by atoms with Gasteiger partial charge in [-0.05, 0) is 90.1 Å². The minimum atomic E-state index is -1.18. The van der Waals surface area contributed by atoms with Crippen molar-refractivity contribution in [3.63, 3.8) is 0 Å². The van der Waals surface area contributed by atoms with Gasteiger partial charge in [0.2, 0.25) is 29.5 Å². The van der Waals surface area contributed by atoms with Crippen LogP contribution >= 0.6 is 0 Å². The molecule has 46 heteroatoms. The van der Waals surface area contributed by atoms with Crippen molar-refractivity contribution in [2.45, 2.75) is 89.4 Å². The van der Waals surface area contributed by atoms with Gasteiger partial charge in [0.05, 0.1) is 315 Å². The van der Waals surface area contributed by atoms with Crippen molar-refractivity contribution in [1.29, 1.82) is 0 Å². The van der Waals surface area contributed by atoms with Crippen molar-refractivity contribution in [2.75, 3.05) is 349 Å². The molecule has 0 aliphatic heterocycles. The number of anilines is 1. The summed E-state index contributed by atoms with van der Waals surface area (Å²) in [5.74, 6) is -3.50. The largest absolute Gasteiger partial charge is 0.514 e. The molecule has 0 bridgehead atoms. The maximum Gasteiger partial charge on any atom is 0.514 e. The Hall–Kier alpha value is -9.52. The molecular formula is C99H157N9O37. The number of alkyl carbamates (subject to hydrolysis) is 1. The fourth-order valence-corrected chi connectivity index (χ4v) is 13.2. The van der Waals surface area contributed by atoms with Crippen LogP contribution in [-0.4, -0.2) is 415 Å². The molecule has 8 amide bonds. The Morgan fingerprint density at radius 3 is 1.07 bits per heavy atom. The first-order valence-electron chi connectivity index (χ1n) is 49.6. The Bertz CT molecular complexity index is 3950. The standard InChI is InChI=1S/C99H157N9O37/c1-79(2)93(96(113)105-90(16-10-28-103-97(100)114)95(112)104-81-19-17-80(18-20-81)77-144-99(116)145-83-23-21-82(22-24-83)108(117)118)107-92(110)25-29-102-94(111)89(106-98(115)143-78-88-86-13-6-4-11-84(86)85-12-5-7-14-87(85)88)15-8-9-27-101-91(109)26-30-120-33-34-122-37-38-124-41-42-126-45-46-128-49-50-130-53-54-132-57-58-134-61-62-136-65-66-138-69-70-140-73-74-142-76-75-141-72-71-139-68-67-137-64-63-135-60-59-133-56-55-131-52-51-129-48-47-127-44-43-125-40-39-123-36-35-121-32-31-119-3/h4-7,11-14,17-24,79,88-90,93H,8-10,15-16,25-78H2,1-3H3,(H,101,109)(H,102,111)(H,104,112)(H,105,113)(H,106,115)(H,107,110)(H3,100,103,114)/t89-,90-,93-/m0/s1. The van der Waals surface area contributed by atoms with E-state index in [9.17, 15) is 48.5 Å². The van der Waals surface area contributed by atoms with Crippen molar-refractivity contribution < 1.29 is 171 Å². The van der Waals surface area contributed by atoms with Gasteiger partial charge in [0.25, 0.3) is 5.69 Å². The number of benzene rings is 4. The van der Waals surface area contributed by atoms with Crippen LogP contribution in [0.5, 0.6) is 5.75 Å². The number of rotatable bonds is 98. The number of nitro groups is 1. The number of carbonyl (C=O) groups is 8. The van der Waals surface area contributed by atoms with Crippen molar-refractivity contribution in [2.24, 2.45) is 11.7 Å². The van der Waals surface area contributed by atoms with Crippen LogP contribution < -0.4 is 47.7 Å². The van der Waals surface area contributed by atoms with E-state index in [1.54, 1.807) is 33.1 Å². The van der Waals surface area contributed by atoms with E-state index in [0.29, 0.717) is 321 Å². The van der Waals surface area contributed by atoms with E-state index in [1.165, 1.54) is 36.4 Å². The number of amides is 8. The molecule has 0 radical (unpaired) electrons. The molecule has 5 rings (SSSR count). The molecular weight excluding hydrogens is 1910 g/mol. The number of urea groups is 1. The molecule has 9 N–H and O–H groups in total. The number of hydrogen-bond acceptors (Lipinski definition) is 37. The normalized spacial score (nSPS) is 12.3. The molecule has 0 unspecified atom stereocenters. The summed E-state index contributed by atoms with van der Waals surface area (Å²) < 4.78 is 148. The van der Waals surface area contributed by atoms with Gasteiger partial charge in [-0.15, -0.1) is 0 Å². The van der Waals surface area contributed by atoms with Crippen molar-refractivity contribution in [3.05, 3.63) is 124 Å². The summed E-state index contributed by atoms with van der Waals surface area (Å²) in [5.41, 5.74) is 9.96. The number of non-ortho nitro benzene ring substituents is 1. The summed E-state index contributed by atoms with van der Waals surface area (Å²) in [6, 6.07) is 22.5. The molecule has 145 heavy (non-hydrogen) atoms. The predicted molar refractivity (Wildman–Crippen MR) is 526 cm³/mol. The Morgan fingerprint density at radius 2 is 0.703 bits per heavy atom. The summed E-state index contributed by atoms with van der Waals surface area (Å²) in [6.07, 6.45) is -0.870. The summed E-state index contributed by atoms with van der Waals surface area (Å²) in [7, 11) is 1.64. The Balaban J connectivity index is 0.761. The van der Waals surface area contributed by atoms with Crippen LogP contribution in [0, 0.1) is 16.0 Å². The lowest BCUT2D eigenvalue weighted by molar-refractivity contribution is -0.384. The zero-order valence-corrected chi connectivity index (χ0v) is 84.5. The molecule has 0 spiro atoms. The molecule has 1 aliphatic rings. The Morgan fingerprint density at radius 1 is 0.352 bits per heavy atom. The number of ether oxygens (including phenoxy) is 27. The summed E-state index contributed by atoms with van der Waals surface area (Å²) in [6.45, 7) is 24.3. The van der Waals surface area contributed by atoms with Gasteiger partial charge < -0.3 is 171 Å². The van der Waals surface area contributed by atoms with Crippen LogP contribution in [0.3, 0.4) is 0 Å². The van der Waals surface area contributed by atoms with Gasteiger partial charge in [0, 0.05) is 63.3 Å².